The van der Waals surface area contributed by atoms with Gasteiger partial charge in [-0.05, 0) is 39.0 Å². The van der Waals surface area contributed by atoms with E-state index in [1.165, 1.54) is 19.3 Å². The van der Waals surface area contributed by atoms with Gasteiger partial charge in [-0.25, -0.2) is 0 Å². The van der Waals surface area contributed by atoms with Crippen LogP contribution in [0.5, 0.6) is 0 Å². The molecule has 1 saturated carbocycles. The highest BCUT2D eigenvalue weighted by molar-refractivity contribution is 14.0. The first-order valence-corrected chi connectivity index (χ1v) is 8.12. The van der Waals surface area contributed by atoms with Gasteiger partial charge in [-0.15, -0.1) is 24.0 Å². The van der Waals surface area contributed by atoms with E-state index in [1.54, 1.807) is 0 Å². The van der Waals surface area contributed by atoms with Crippen LogP contribution in [0.3, 0.4) is 0 Å². The van der Waals surface area contributed by atoms with E-state index in [0.29, 0.717) is 11.9 Å². The molecular weight excluding hydrogens is 379 g/mol. The Labute approximate surface area is 145 Å². The highest BCUT2D eigenvalue weighted by Gasteiger charge is 2.22. The summed E-state index contributed by atoms with van der Waals surface area (Å²) >= 11 is 0. The summed E-state index contributed by atoms with van der Waals surface area (Å²) in [6, 6.07) is 0.625. The van der Waals surface area contributed by atoms with Crippen molar-refractivity contribution >= 4 is 35.8 Å². The zero-order chi connectivity index (χ0) is 14.2. The molecule has 2 aliphatic rings. The molecule has 0 bridgehead atoms. The zero-order valence-corrected chi connectivity index (χ0v) is 15.4. The number of guanidine groups is 1. The molecule has 2 fully saturated rings. The Balaban J connectivity index is 0.00000220. The molecule has 21 heavy (non-hydrogen) atoms. The van der Waals surface area contributed by atoms with Gasteiger partial charge >= 0.3 is 0 Å². The molecule has 0 radical (unpaired) electrons. The third-order valence-electron chi connectivity index (χ3n) is 3.79. The average Bonchev–Trinajstić information content (AvgIpc) is 3.25. The van der Waals surface area contributed by atoms with Crippen LogP contribution in [0.25, 0.3) is 0 Å². The van der Waals surface area contributed by atoms with Crippen molar-refractivity contribution in [3.63, 3.8) is 0 Å². The number of nitrogens with zero attached hydrogens (tertiary/aromatic N) is 2. The minimum atomic E-state index is 0. The van der Waals surface area contributed by atoms with Crippen molar-refractivity contribution in [2.24, 2.45) is 4.99 Å². The van der Waals surface area contributed by atoms with E-state index >= 15 is 0 Å². The molecule has 1 aliphatic heterocycles. The Hall–Kier alpha value is -0.530. The lowest BCUT2D eigenvalue weighted by molar-refractivity contribution is -0.130. The quantitative estimate of drug-likeness (QED) is 0.306. The maximum absolute atomic E-state index is 11.9. The number of carbonyl (C=O) groups excluding carboxylic acids is 1. The first kappa shape index (κ1) is 18.5. The predicted molar refractivity (Wildman–Crippen MR) is 97.2 cm³/mol. The van der Waals surface area contributed by atoms with Crippen LogP contribution >= 0.6 is 24.0 Å². The maximum Gasteiger partial charge on any atom is 0.222 e. The molecule has 2 N–H and O–H groups in total. The van der Waals surface area contributed by atoms with E-state index in [2.05, 4.69) is 22.5 Å². The Bertz CT molecular complexity index is 345. The van der Waals surface area contributed by atoms with Crippen molar-refractivity contribution in [1.82, 2.24) is 15.5 Å². The fraction of sp³-hybridized carbons (Fsp3) is 0.867. The summed E-state index contributed by atoms with van der Waals surface area (Å²) in [5.74, 6) is 1.26. The lowest BCUT2D eigenvalue weighted by Crippen LogP contribution is -2.38. The second kappa shape index (κ2) is 10.2. The molecule has 0 spiro atoms. The standard InChI is InChI=1S/C15H28N4O.HI/c1-2-16-15(18-13-8-9-13)17-10-6-12-19-11-5-3-4-7-14(19)20;/h13H,2-12H2,1H3,(H2,16,17,18);1H. The van der Waals surface area contributed by atoms with Gasteiger partial charge in [0, 0.05) is 38.6 Å². The summed E-state index contributed by atoms with van der Waals surface area (Å²) in [6.07, 6.45) is 7.60. The minimum absolute atomic E-state index is 0. The van der Waals surface area contributed by atoms with Crippen molar-refractivity contribution in [3.05, 3.63) is 0 Å². The first-order chi connectivity index (χ1) is 9.79. The average molecular weight is 408 g/mol. The molecule has 2 rings (SSSR count). The molecule has 0 aromatic heterocycles. The third kappa shape index (κ3) is 7.33. The summed E-state index contributed by atoms with van der Waals surface area (Å²) in [5.41, 5.74) is 0. The molecule has 1 amide bonds. The van der Waals surface area contributed by atoms with E-state index < -0.39 is 0 Å². The molecule has 122 valence electrons. The molecular formula is C15H29IN4O. The van der Waals surface area contributed by atoms with Crippen LogP contribution in [-0.4, -0.2) is 49.0 Å². The van der Waals surface area contributed by atoms with E-state index in [4.69, 9.17) is 0 Å². The van der Waals surface area contributed by atoms with E-state index in [-0.39, 0.29) is 24.0 Å². The zero-order valence-electron chi connectivity index (χ0n) is 13.1. The fourth-order valence-electron chi connectivity index (χ4n) is 2.47. The molecule has 0 aromatic carbocycles. The number of amides is 1. The Morgan fingerprint density at radius 3 is 2.86 bits per heavy atom. The van der Waals surface area contributed by atoms with Crippen LogP contribution < -0.4 is 10.6 Å². The van der Waals surface area contributed by atoms with Crippen molar-refractivity contribution in [3.8, 4) is 0 Å². The van der Waals surface area contributed by atoms with Gasteiger partial charge in [0.2, 0.25) is 5.91 Å². The molecule has 1 saturated heterocycles. The van der Waals surface area contributed by atoms with E-state index in [0.717, 1.165) is 57.8 Å². The normalized spacial score (nSPS) is 19.8. The van der Waals surface area contributed by atoms with Gasteiger partial charge in [-0.1, -0.05) is 6.42 Å². The lowest BCUT2D eigenvalue weighted by atomic mass is 10.2. The number of carbonyl (C=O) groups is 1. The second-order valence-corrected chi connectivity index (χ2v) is 5.72. The minimum Gasteiger partial charge on any atom is -0.357 e. The summed E-state index contributed by atoms with van der Waals surface area (Å²) in [7, 11) is 0. The molecule has 1 heterocycles. The highest BCUT2D eigenvalue weighted by atomic mass is 127. The van der Waals surface area contributed by atoms with Crippen LogP contribution in [0, 0.1) is 0 Å². The number of hydrogen-bond donors (Lipinski definition) is 2. The number of aliphatic imine (C=N–C) groups is 1. The summed E-state index contributed by atoms with van der Waals surface area (Å²) in [4.78, 5) is 18.5. The SMILES string of the molecule is CCNC(=NCCCN1CCCCCC1=O)NC1CC1.I. The highest BCUT2D eigenvalue weighted by Crippen LogP contribution is 2.18. The van der Waals surface area contributed by atoms with E-state index in [9.17, 15) is 4.79 Å². The third-order valence-corrected chi connectivity index (χ3v) is 3.79. The van der Waals surface area contributed by atoms with Gasteiger partial charge in [-0.3, -0.25) is 9.79 Å². The van der Waals surface area contributed by atoms with E-state index in [1.807, 2.05) is 4.90 Å². The fourth-order valence-corrected chi connectivity index (χ4v) is 2.47. The molecule has 1 aliphatic carbocycles. The molecule has 6 heteroatoms. The Morgan fingerprint density at radius 1 is 1.33 bits per heavy atom. The topological polar surface area (TPSA) is 56.7 Å². The van der Waals surface area contributed by atoms with Gasteiger partial charge < -0.3 is 15.5 Å². The van der Waals surface area contributed by atoms with Gasteiger partial charge in [0.15, 0.2) is 5.96 Å². The monoisotopic (exact) mass is 408 g/mol. The molecule has 0 aromatic rings. The molecule has 0 unspecified atom stereocenters. The number of halogens is 1. The van der Waals surface area contributed by atoms with Crippen LogP contribution in [0.1, 0.15) is 51.9 Å². The molecule has 5 nitrogen and oxygen atoms in total. The van der Waals surface area contributed by atoms with Crippen LogP contribution in [0.4, 0.5) is 0 Å². The van der Waals surface area contributed by atoms with Gasteiger partial charge in [-0.2, -0.15) is 0 Å². The summed E-state index contributed by atoms with van der Waals surface area (Å²) in [5, 5.41) is 6.68. The lowest BCUT2D eigenvalue weighted by Gasteiger charge is -2.20. The van der Waals surface area contributed by atoms with Crippen LogP contribution in [0.2, 0.25) is 0 Å². The number of likely N-dealkylation sites (tertiary alicyclic amines) is 1. The van der Waals surface area contributed by atoms with Gasteiger partial charge in [0.25, 0.3) is 0 Å². The number of nitrogens with one attached hydrogen (secondary N) is 2. The number of hydrogen-bond acceptors (Lipinski definition) is 2. The Morgan fingerprint density at radius 2 is 2.14 bits per heavy atom. The van der Waals surface area contributed by atoms with Crippen molar-refractivity contribution < 1.29 is 4.79 Å². The summed E-state index contributed by atoms with van der Waals surface area (Å²) in [6.45, 7) is 5.54. The molecule has 0 atom stereocenters. The second-order valence-electron chi connectivity index (χ2n) is 5.72. The predicted octanol–water partition coefficient (Wildman–Crippen LogP) is 2.11. The first-order valence-electron chi connectivity index (χ1n) is 8.12. The van der Waals surface area contributed by atoms with Gasteiger partial charge in [0.1, 0.15) is 0 Å². The van der Waals surface area contributed by atoms with Gasteiger partial charge in [0.05, 0.1) is 0 Å². The Kier molecular flexibility index (Phi) is 9.03. The summed E-state index contributed by atoms with van der Waals surface area (Å²) < 4.78 is 0. The largest absolute Gasteiger partial charge is 0.357 e. The van der Waals surface area contributed by atoms with Crippen molar-refractivity contribution in [2.45, 2.75) is 57.9 Å². The van der Waals surface area contributed by atoms with Crippen LogP contribution in [0.15, 0.2) is 4.99 Å². The van der Waals surface area contributed by atoms with Crippen molar-refractivity contribution in [2.75, 3.05) is 26.2 Å². The van der Waals surface area contributed by atoms with Crippen molar-refractivity contribution in [1.29, 1.82) is 0 Å². The van der Waals surface area contributed by atoms with Crippen LogP contribution in [-0.2, 0) is 4.79 Å². The maximum atomic E-state index is 11.9. The smallest absolute Gasteiger partial charge is 0.222 e. The number of rotatable bonds is 6.